The van der Waals surface area contributed by atoms with Gasteiger partial charge in [-0.2, -0.15) is 0 Å². The van der Waals surface area contributed by atoms with Crippen LogP contribution in [0, 0.1) is 5.92 Å². The molecule has 2 fully saturated rings. The Balaban J connectivity index is 1.91. The molecule has 1 atom stereocenters. The molecule has 21 heavy (non-hydrogen) atoms. The van der Waals surface area contributed by atoms with Gasteiger partial charge >= 0.3 is 12.0 Å². The number of piperidine rings is 2. The Bertz CT molecular complexity index is 418. The van der Waals surface area contributed by atoms with Gasteiger partial charge in [-0.25, -0.2) is 4.79 Å². The van der Waals surface area contributed by atoms with Gasteiger partial charge in [-0.3, -0.25) is 9.59 Å². The number of carbonyl (C=O) groups excluding carboxylic acids is 2. The van der Waals surface area contributed by atoms with Crippen LogP contribution >= 0.6 is 0 Å². The van der Waals surface area contributed by atoms with E-state index >= 15 is 0 Å². The molecule has 0 aliphatic carbocycles. The van der Waals surface area contributed by atoms with Crippen LogP contribution in [0.25, 0.3) is 0 Å². The Labute approximate surface area is 124 Å². The molecule has 0 aromatic carbocycles. The third-order valence-corrected chi connectivity index (χ3v) is 4.43. The van der Waals surface area contributed by atoms with E-state index in [4.69, 9.17) is 10.8 Å². The molecule has 0 saturated carbocycles. The molecule has 0 radical (unpaired) electrons. The number of carbonyl (C=O) groups is 3. The molecule has 0 bridgehead atoms. The van der Waals surface area contributed by atoms with E-state index in [1.807, 2.05) is 0 Å². The maximum absolute atomic E-state index is 12.5. The van der Waals surface area contributed by atoms with E-state index in [0.29, 0.717) is 38.9 Å². The zero-order valence-electron chi connectivity index (χ0n) is 12.2. The van der Waals surface area contributed by atoms with Crippen LogP contribution in [0.2, 0.25) is 0 Å². The van der Waals surface area contributed by atoms with E-state index in [2.05, 4.69) is 0 Å². The first-order valence-corrected chi connectivity index (χ1v) is 7.55. The van der Waals surface area contributed by atoms with E-state index in [1.54, 1.807) is 9.80 Å². The summed E-state index contributed by atoms with van der Waals surface area (Å²) in [6.45, 7) is 1.68. The van der Waals surface area contributed by atoms with Crippen molar-refractivity contribution < 1.29 is 19.5 Å². The number of carboxylic acid groups (broad SMARTS) is 1. The first-order chi connectivity index (χ1) is 9.99. The van der Waals surface area contributed by atoms with Crippen LogP contribution < -0.4 is 5.73 Å². The van der Waals surface area contributed by atoms with Crippen LogP contribution in [0.5, 0.6) is 0 Å². The zero-order chi connectivity index (χ0) is 15.4. The SMILES string of the molecule is NC(=O)C1CCCCN1C(=O)N1CCC(CC(=O)O)CC1. The van der Waals surface area contributed by atoms with Crippen molar-refractivity contribution in [3.63, 3.8) is 0 Å². The van der Waals surface area contributed by atoms with Gasteiger partial charge in [0.05, 0.1) is 0 Å². The molecule has 7 nitrogen and oxygen atoms in total. The number of aliphatic carboxylic acids is 1. The van der Waals surface area contributed by atoms with Crippen molar-refractivity contribution in [2.75, 3.05) is 19.6 Å². The summed E-state index contributed by atoms with van der Waals surface area (Å²) >= 11 is 0. The molecule has 3 N–H and O–H groups in total. The van der Waals surface area contributed by atoms with Crippen molar-refractivity contribution >= 4 is 17.9 Å². The molecular formula is C14H23N3O4. The Morgan fingerprint density at radius 1 is 1.05 bits per heavy atom. The van der Waals surface area contributed by atoms with Gasteiger partial charge in [-0.05, 0) is 38.0 Å². The molecule has 2 aliphatic heterocycles. The summed E-state index contributed by atoms with van der Waals surface area (Å²) in [5, 5.41) is 8.80. The smallest absolute Gasteiger partial charge is 0.320 e. The highest BCUT2D eigenvalue weighted by Gasteiger charge is 2.34. The van der Waals surface area contributed by atoms with Crippen molar-refractivity contribution in [3.8, 4) is 0 Å². The molecule has 2 rings (SSSR count). The third-order valence-electron chi connectivity index (χ3n) is 4.43. The summed E-state index contributed by atoms with van der Waals surface area (Å²) < 4.78 is 0. The Morgan fingerprint density at radius 3 is 2.29 bits per heavy atom. The van der Waals surface area contributed by atoms with Crippen LogP contribution in [-0.4, -0.2) is 58.5 Å². The van der Waals surface area contributed by atoms with Crippen molar-refractivity contribution in [1.29, 1.82) is 0 Å². The van der Waals surface area contributed by atoms with Gasteiger partial charge in [0.2, 0.25) is 5.91 Å². The number of urea groups is 1. The van der Waals surface area contributed by atoms with Gasteiger partial charge in [0.25, 0.3) is 0 Å². The lowest BCUT2D eigenvalue weighted by Crippen LogP contribution is -2.56. The molecule has 118 valence electrons. The van der Waals surface area contributed by atoms with E-state index in [1.165, 1.54) is 0 Å². The summed E-state index contributed by atoms with van der Waals surface area (Å²) in [6.07, 6.45) is 4.01. The van der Waals surface area contributed by atoms with Gasteiger partial charge in [0.15, 0.2) is 0 Å². The van der Waals surface area contributed by atoms with Crippen LogP contribution in [0.4, 0.5) is 4.79 Å². The minimum atomic E-state index is -0.787. The number of carboxylic acids is 1. The molecule has 2 aliphatic rings. The fourth-order valence-electron chi connectivity index (χ4n) is 3.21. The van der Waals surface area contributed by atoms with E-state index in [9.17, 15) is 14.4 Å². The lowest BCUT2D eigenvalue weighted by Gasteiger charge is -2.39. The molecule has 3 amide bonds. The molecule has 1 unspecified atom stereocenters. The number of primary amides is 1. The second-order valence-corrected chi connectivity index (χ2v) is 5.92. The van der Waals surface area contributed by atoms with Gasteiger partial charge in [0, 0.05) is 26.1 Å². The Hall–Kier alpha value is -1.79. The van der Waals surface area contributed by atoms with Crippen LogP contribution in [0.3, 0.4) is 0 Å². The van der Waals surface area contributed by atoms with Gasteiger partial charge in [-0.15, -0.1) is 0 Å². The summed E-state index contributed by atoms with van der Waals surface area (Å²) in [5.74, 6) is -1.09. The second-order valence-electron chi connectivity index (χ2n) is 5.92. The van der Waals surface area contributed by atoms with Gasteiger partial charge in [0.1, 0.15) is 6.04 Å². The maximum atomic E-state index is 12.5. The number of amides is 3. The second kappa shape index (κ2) is 6.78. The van der Waals surface area contributed by atoms with Crippen molar-refractivity contribution in [2.24, 2.45) is 11.7 Å². The highest BCUT2D eigenvalue weighted by Crippen LogP contribution is 2.24. The Kier molecular flexibility index (Phi) is 5.03. The predicted octanol–water partition coefficient (Wildman–Crippen LogP) is 0.633. The minimum absolute atomic E-state index is 0.132. The van der Waals surface area contributed by atoms with Crippen molar-refractivity contribution in [2.45, 2.75) is 44.6 Å². The topological polar surface area (TPSA) is 104 Å². The maximum Gasteiger partial charge on any atom is 0.320 e. The summed E-state index contributed by atoms with van der Waals surface area (Å²) in [6, 6.07) is -0.629. The molecule has 0 aromatic rings. The van der Waals surface area contributed by atoms with Crippen molar-refractivity contribution in [1.82, 2.24) is 9.80 Å². The van der Waals surface area contributed by atoms with Gasteiger partial charge in [-0.1, -0.05) is 0 Å². The van der Waals surface area contributed by atoms with Crippen molar-refractivity contribution in [3.05, 3.63) is 0 Å². The average Bonchev–Trinajstić information content (AvgIpc) is 2.46. The summed E-state index contributed by atoms with van der Waals surface area (Å²) in [4.78, 5) is 38.0. The molecular weight excluding hydrogens is 274 g/mol. The predicted molar refractivity (Wildman–Crippen MR) is 75.5 cm³/mol. The van der Waals surface area contributed by atoms with Crippen LogP contribution in [0.15, 0.2) is 0 Å². The number of nitrogens with zero attached hydrogens (tertiary/aromatic N) is 2. The number of likely N-dealkylation sites (tertiary alicyclic amines) is 2. The molecule has 2 saturated heterocycles. The molecule has 0 spiro atoms. The highest BCUT2D eigenvalue weighted by molar-refractivity contribution is 5.86. The van der Waals surface area contributed by atoms with Crippen LogP contribution in [-0.2, 0) is 9.59 Å². The van der Waals surface area contributed by atoms with E-state index < -0.39 is 17.9 Å². The Morgan fingerprint density at radius 2 is 1.71 bits per heavy atom. The number of hydrogen-bond donors (Lipinski definition) is 2. The summed E-state index contributed by atoms with van der Waals surface area (Å²) in [5.41, 5.74) is 5.39. The lowest BCUT2D eigenvalue weighted by atomic mass is 9.93. The molecule has 2 heterocycles. The number of rotatable bonds is 3. The lowest BCUT2D eigenvalue weighted by molar-refractivity contribution is -0.138. The fourth-order valence-corrected chi connectivity index (χ4v) is 3.21. The highest BCUT2D eigenvalue weighted by atomic mass is 16.4. The summed E-state index contributed by atoms with van der Waals surface area (Å²) in [7, 11) is 0. The standard InChI is InChI=1S/C14H23N3O4/c15-13(20)11-3-1-2-6-17(11)14(21)16-7-4-10(5-8-16)9-12(18)19/h10-11H,1-9H2,(H2,15,20)(H,18,19). The van der Waals surface area contributed by atoms with E-state index in [-0.39, 0.29) is 18.4 Å². The fraction of sp³-hybridized carbons (Fsp3) is 0.786. The monoisotopic (exact) mass is 297 g/mol. The quantitative estimate of drug-likeness (QED) is 0.797. The normalized spacial score (nSPS) is 23.9. The average molecular weight is 297 g/mol. The number of nitrogens with two attached hydrogens (primary N) is 1. The third kappa shape index (κ3) is 3.86. The first kappa shape index (κ1) is 15.6. The largest absolute Gasteiger partial charge is 0.481 e. The molecule has 0 aromatic heterocycles. The zero-order valence-corrected chi connectivity index (χ0v) is 12.2. The first-order valence-electron chi connectivity index (χ1n) is 7.55. The molecule has 7 heteroatoms. The minimum Gasteiger partial charge on any atom is -0.481 e. The van der Waals surface area contributed by atoms with E-state index in [0.717, 1.165) is 12.8 Å². The number of hydrogen-bond acceptors (Lipinski definition) is 3. The van der Waals surface area contributed by atoms with Crippen LogP contribution in [0.1, 0.15) is 38.5 Å². The van der Waals surface area contributed by atoms with Gasteiger partial charge < -0.3 is 20.6 Å².